The minimum atomic E-state index is -4.24. The first kappa shape index (κ1) is 16.1. The van der Waals surface area contributed by atoms with Crippen LogP contribution in [0.25, 0.3) is 5.82 Å². The van der Waals surface area contributed by atoms with Gasteiger partial charge in [0.1, 0.15) is 29.2 Å². The average Bonchev–Trinajstić information content (AvgIpc) is 3.10. The van der Waals surface area contributed by atoms with E-state index in [9.17, 15) is 17.2 Å². The summed E-state index contributed by atoms with van der Waals surface area (Å²) in [5.41, 5.74) is 0.489. The fourth-order valence-electron chi connectivity index (χ4n) is 2.03. The maximum Gasteiger partial charge on any atom is 0.243 e. The number of nitrogens with one attached hydrogen (secondary N) is 1. The molecule has 0 aliphatic rings. The number of benzene rings is 1. The van der Waals surface area contributed by atoms with Crippen molar-refractivity contribution in [2.75, 3.05) is 0 Å². The van der Waals surface area contributed by atoms with Gasteiger partial charge in [0.15, 0.2) is 5.82 Å². The van der Waals surface area contributed by atoms with Crippen LogP contribution in [-0.4, -0.2) is 28.2 Å². The van der Waals surface area contributed by atoms with Gasteiger partial charge < -0.3 is 0 Å². The quantitative estimate of drug-likeness (QED) is 0.751. The topological polar surface area (TPSA) is 89.8 Å². The van der Waals surface area contributed by atoms with E-state index >= 15 is 0 Å². The first-order valence-electron chi connectivity index (χ1n) is 6.71. The number of aromatic nitrogens is 4. The van der Waals surface area contributed by atoms with Gasteiger partial charge in [-0.15, -0.1) is 0 Å². The molecule has 10 heteroatoms. The van der Waals surface area contributed by atoms with Crippen molar-refractivity contribution >= 4 is 10.0 Å². The molecule has 2 aromatic heterocycles. The van der Waals surface area contributed by atoms with Crippen LogP contribution in [0.4, 0.5) is 8.78 Å². The molecular formula is C14H11F2N5O2S. The Balaban J connectivity index is 1.87. The molecule has 3 rings (SSSR count). The van der Waals surface area contributed by atoms with E-state index in [1.54, 1.807) is 12.1 Å². The molecule has 0 saturated heterocycles. The maximum absolute atomic E-state index is 13.7. The van der Waals surface area contributed by atoms with Crippen LogP contribution in [0.3, 0.4) is 0 Å². The van der Waals surface area contributed by atoms with Gasteiger partial charge in [-0.25, -0.2) is 36.6 Å². The summed E-state index contributed by atoms with van der Waals surface area (Å²) in [5.74, 6) is -1.51. The van der Waals surface area contributed by atoms with Crippen molar-refractivity contribution in [3.63, 3.8) is 0 Å². The Bertz CT molecular complexity index is 961. The normalized spacial score (nSPS) is 11.6. The lowest BCUT2D eigenvalue weighted by molar-refractivity contribution is 0.545. The van der Waals surface area contributed by atoms with Gasteiger partial charge in [-0.3, -0.25) is 0 Å². The van der Waals surface area contributed by atoms with E-state index in [1.807, 2.05) is 0 Å². The van der Waals surface area contributed by atoms with E-state index in [-0.39, 0.29) is 6.54 Å². The number of nitrogens with zero attached hydrogens (tertiary/aromatic N) is 4. The molecule has 2 heterocycles. The van der Waals surface area contributed by atoms with Crippen molar-refractivity contribution in [3.05, 3.63) is 66.4 Å². The van der Waals surface area contributed by atoms with E-state index in [0.29, 0.717) is 17.4 Å². The molecule has 0 fully saturated rings. The lowest BCUT2D eigenvalue weighted by Gasteiger charge is -2.10. The molecule has 0 unspecified atom stereocenters. The van der Waals surface area contributed by atoms with E-state index in [1.165, 1.54) is 23.5 Å². The largest absolute Gasteiger partial charge is 0.243 e. The Morgan fingerprint density at radius 1 is 1.21 bits per heavy atom. The third kappa shape index (κ3) is 3.29. The Kier molecular flexibility index (Phi) is 4.32. The van der Waals surface area contributed by atoms with Gasteiger partial charge in [-0.1, -0.05) is 6.07 Å². The third-order valence-electron chi connectivity index (χ3n) is 3.14. The SMILES string of the molecule is O=S(=O)(NCc1cccnc1-n1cncn1)c1cc(F)ccc1F. The lowest BCUT2D eigenvalue weighted by atomic mass is 10.2. The molecule has 0 radical (unpaired) electrons. The summed E-state index contributed by atoms with van der Waals surface area (Å²) < 4.78 is 54.9. The van der Waals surface area contributed by atoms with Crippen LogP contribution in [0, 0.1) is 11.6 Å². The summed E-state index contributed by atoms with van der Waals surface area (Å²) in [7, 11) is -4.24. The number of sulfonamides is 1. The number of hydrogen-bond acceptors (Lipinski definition) is 5. The van der Waals surface area contributed by atoms with E-state index in [2.05, 4.69) is 19.8 Å². The fourth-order valence-corrected chi connectivity index (χ4v) is 3.12. The van der Waals surface area contributed by atoms with Gasteiger partial charge in [-0.2, -0.15) is 5.10 Å². The minimum absolute atomic E-state index is 0.179. The second kappa shape index (κ2) is 6.42. The molecule has 0 spiro atoms. The van der Waals surface area contributed by atoms with Crippen LogP contribution in [0.1, 0.15) is 5.56 Å². The Hall–Kier alpha value is -2.72. The van der Waals surface area contributed by atoms with Crippen LogP contribution >= 0.6 is 0 Å². The van der Waals surface area contributed by atoms with Gasteiger partial charge >= 0.3 is 0 Å². The molecule has 124 valence electrons. The zero-order valence-corrected chi connectivity index (χ0v) is 12.9. The summed E-state index contributed by atoms with van der Waals surface area (Å²) in [5, 5.41) is 3.93. The predicted octanol–water partition coefficient (Wildman–Crippen LogP) is 1.42. The van der Waals surface area contributed by atoms with E-state index in [4.69, 9.17) is 0 Å². The van der Waals surface area contributed by atoms with Crippen molar-refractivity contribution in [2.45, 2.75) is 11.4 Å². The molecule has 24 heavy (non-hydrogen) atoms. The highest BCUT2D eigenvalue weighted by Crippen LogP contribution is 2.17. The average molecular weight is 351 g/mol. The van der Waals surface area contributed by atoms with E-state index < -0.39 is 26.6 Å². The van der Waals surface area contributed by atoms with Gasteiger partial charge in [0, 0.05) is 18.3 Å². The molecule has 0 atom stereocenters. The standard InChI is InChI=1S/C14H11F2N5O2S/c15-11-3-4-12(16)13(6-11)24(22,23)20-7-10-2-1-5-18-14(10)21-9-17-8-19-21/h1-6,8-9,20H,7H2. The van der Waals surface area contributed by atoms with Crippen LogP contribution < -0.4 is 4.72 Å². The number of rotatable bonds is 5. The third-order valence-corrected chi connectivity index (χ3v) is 4.55. The number of halogens is 2. The van der Waals surface area contributed by atoms with Gasteiger partial charge in [-0.05, 0) is 24.3 Å². The Morgan fingerprint density at radius 3 is 2.79 bits per heavy atom. The monoisotopic (exact) mass is 351 g/mol. The van der Waals surface area contributed by atoms with E-state index in [0.717, 1.165) is 12.1 Å². The molecular weight excluding hydrogens is 340 g/mol. The molecule has 0 saturated carbocycles. The van der Waals surface area contributed by atoms with Crippen LogP contribution in [-0.2, 0) is 16.6 Å². The van der Waals surface area contributed by atoms with Crippen molar-refractivity contribution < 1.29 is 17.2 Å². The summed E-state index contributed by atoms with van der Waals surface area (Å²) in [4.78, 5) is 7.16. The zero-order valence-electron chi connectivity index (χ0n) is 12.1. The minimum Gasteiger partial charge on any atom is -0.237 e. The van der Waals surface area contributed by atoms with Crippen molar-refractivity contribution in [2.24, 2.45) is 0 Å². The summed E-state index contributed by atoms with van der Waals surface area (Å²) >= 11 is 0. The number of pyridine rings is 1. The van der Waals surface area contributed by atoms with Crippen LogP contribution in [0.15, 0.2) is 54.1 Å². The molecule has 0 aliphatic heterocycles. The molecule has 0 bridgehead atoms. The molecule has 1 aromatic carbocycles. The second-order valence-corrected chi connectivity index (χ2v) is 6.46. The number of hydrogen-bond donors (Lipinski definition) is 1. The Labute approximate surface area is 136 Å². The fraction of sp³-hybridized carbons (Fsp3) is 0.0714. The first-order valence-corrected chi connectivity index (χ1v) is 8.19. The van der Waals surface area contributed by atoms with Gasteiger partial charge in [0.2, 0.25) is 10.0 Å². The first-order chi connectivity index (χ1) is 11.5. The second-order valence-electron chi connectivity index (χ2n) is 4.73. The van der Waals surface area contributed by atoms with Crippen LogP contribution in [0.2, 0.25) is 0 Å². The predicted molar refractivity (Wildman–Crippen MR) is 79.5 cm³/mol. The summed E-state index contributed by atoms with van der Waals surface area (Å²) in [6.07, 6.45) is 4.23. The highest BCUT2D eigenvalue weighted by Gasteiger charge is 2.20. The highest BCUT2D eigenvalue weighted by atomic mass is 32.2. The van der Waals surface area contributed by atoms with Crippen molar-refractivity contribution in [3.8, 4) is 5.82 Å². The molecule has 7 nitrogen and oxygen atoms in total. The zero-order chi connectivity index (χ0) is 17.2. The van der Waals surface area contributed by atoms with Gasteiger partial charge in [0.25, 0.3) is 0 Å². The Morgan fingerprint density at radius 2 is 2.04 bits per heavy atom. The van der Waals surface area contributed by atoms with Crippen molar-refractivity contribution in [1.82, 2.24) is 24.5 Å². The highest BCUT2D eigenvalue weighted by molar-refractivity contribution is 7.89. The smallest absolute Gasteiger partial charge is 0.237 e. The van der Waals surface area contributed by atoms with Crippen molar-refractivity contribution in [1.29, 1.82) is 0 Å². The van der Waals surface area contributed by atoms with Gasteiger partial charge in [0.05, 0.1) is 0 Å². The molecule has 0 amide bonds. The maximum atomic E-state index is 13.7. The molecule has 0 aliphatic carbocycles. The molecule has 3 aromatic rings. The summed E-state index contributed by atoms with van der Waals surface area (Å²) in [6, 6.07) is 5.48. The van der Waals surface area contributed by atoms with Crippen LogP contribution in [0.5, 0.6) is 0 Å². The molecule has 1 N–H and O–H groups in total. The lowest BCUT2D eigenvalue weighted by Crippen LogP contribution is -2.25. The summed E-state index contributed by atoms with van der Waals surface area (Å²) in [6.45, 7) is -0.179.